The fraction of sp³-hybridized carbons (Fsp3) is 0.462. The van der Waals surface area contributed by atoms with Gasteiger partial charge in [0.1, 0.15) is 0 Å². The zero-order valence-corrected chi connectivity index (χ0v) is 9.58. The number of rotatable bonds is 5. The predicted octanol–water partition coefficient (Wildman–Crippen LogP) is 3.68. The Hall–Kier alpha value is -1.11. The van der Waals surface area contributed by atoms with Crippen LogP contribution in [0.3, 0.4) is 0 Å². The van der Waals surface area contributed by atoms with E-state index in [1.165, 1.54) is 5.57 Å². The van der Waals surface area contributed by atoms with Crippen LogP contribution in [0.5, 0.6) is 0 Å². The zero-order chi connectivity index (χ0) is 11.0. The van der Waals surface area contributed by atoms with Crippen LogP contribution in [0.25, 0.3) is 0 Å². The van der Waals surface area contributed by atoms with E-state index in [0.29, 0.717) is 5.92 Å². The van der Waals surface area contributed by atoms with E-state index in [-0.39, 0.29) is 5.78 Å². The maximum absolute atomic E-state index is 10.6. The van der Waals surface area contributed by atoms with Crippen molar-refractivity contribution in [3.8, 4) is 0 Å². The van der Waals surface area contributed by atoms with Gasteiger partial charge in [0.05, 0.1) is 0 Å². The van der Waals surface area contributed by atoms with Gasteiger partial charge >= 0.3 is 0 Å². The van der Waals surface area contributed by atoms with Gasteiger partial charge in [-0.3, -0.25) is 4.79 Å². The molecule has 0 aromatic heterocycles. The Kier molecular flexibility index (Phi) is 6.73. The molecule has 0 aliphatic rings. The number of carbonyl (C=O) groups is 1. The highest BCUT2D eigenvalue weighted by Gasteiger charge is 1.86. The van der Waals surface area contributed by atoms with E-state index in [2.05, 4.69) is 39.0 Å². The van der Waals surface area contributed by atoms with Gasteiger partial charge in [0.2, 0.25) is 0 Å². The molecule has 78 valence electrons. The van der Waals surface area contributed by atoms with Gasteiger partial charge in [-0.2, -0.15) is 0 Å². The maximum atomic E-state index is 10.6. The van der Waals surface area contributed by atoms with Crippen LogP contribution in [0, 0.1) is 5.92 Å². The summed E-state index contributed by atoms with van der Waals surface area (Å²) in [7, 11) is 0. The normalized spacial score (nSPS) is 13.4. The quantitative estimate of drug-likeness (QED) is 0.479. The van der Waals surface area contributed by atoms with Crippen molar-refractivity contribution in [1.82, 2.24) is 0 Å². The lowest BCUT2D eigenvalue weighted by Crippen LogP contribution is -1.80. The molecule has 0 spiro atoms. The summed E-state index contributed by atoms with van der Waals surface area (Å²) in [5.74, 6) is 0.697. The third-order valence-electron chi connectivity index (χ3n) is 1.67. The fourth-order valence-electron chi connectivity index (χ4n) is 0.921. The van der Waals surface area contributed by atoms with Crippen LogP contribution in [0.2, 0.25) is 0 Å². The molecule has 0 amide bonds. The minimum Gasteiger partial charge on any atom is -0.295 e. The lowest BCUT2D eigenvalue weighted by molar-refractivity contribution is -0.112. The van der Waals surface area contributed by atoms with Crippen LogP contribution in [0.1, 0.15) is 34.1 Å². The second kappa shape index (κ2) is 7.31. The predicted molar refractivity (Wildman–Crippen MR) is 62.2 cm³/mol. The summed E-state index contributed by atoms with van der Waals surface area (Å²) < 4.78 is 0. The SMILES string of the molecule is CC(=O)C=CCC(C)=CC=CC(C)C. The van der Waals surface area contributed by atoms with E-state index in [1.807, 2.05) is 6.08 Å². The van der Waals surface area contributed by atoms with Crippen molar-refractivity contribution >= 4 is 5.78 Å². The van der Waals surface area contributed by atoms with Crippen LogP contribution in [0.15, 0.2) is 36.0 Å². The molecule has 0 fully saturated rings. The lowest BCUT2D eigenvalue weighted by atomic mass is 10.1. The first kappa shape index (κ1) is 12.9. The van der Waals surface area contributed by atoms with Crippen LogP contribution in [-0.4, -0.2) is 5.78 Å². The van der Waals surface area contributed by atoms with Gasteiger partial charge in [-0.15, -0.1) is 0 Å². The molecule has 0 aliphatic carbocycles. The van der Waals surface area contributed by atoms with Gasteiger partial charge in [0.15, 0.2) is 5.78 Å². The van der Waals surface area contributed by atoms with Gasteiger partial charge < -0.3 is 0 Å². The smallest absolute Gasteiger partial charge is 0.152 e. The third-order valence-corrected chi connectivity index (χ3v) is 1.67. The zero-order valence-electron chi connectivity index (χ0n) is 9.58. The molecule has 0 bridgehead atoms. The van der Waals surface area contributed by atoms with E-state index < -0.39 is 0 Å². The molecule has 0 N–H and O–H groups in total. The molecule has 0 aromatic carbocycles. The number of hydrogen-bond donors (Lipinski definition) is 0. The van der Waals surface area contributed by atoms with Crippen LogP contribution >= 0.6 is 0 Å². The number of ketones is 1. The monoisotopic (exact) mass is 192 g/mol. The lowest BCUT2D eigenvalue weighted by Gasteiger charge is -1.93. The molecule has 1 nitrogen and oxygen atoms in total. The average molecular weight is 192 g/mol. The molecule has 0 unspecified atom stereocenters. The summed E-state index contributed by atoms with van der Waals surface area (Å²) >= 11 is 0. The Morgan fingerprint density at radius 1 is 1.29 bits per heavy atom. The van der Waals surface area contributed by atoms with Gasteiger partial charge in [-0.1, -0.05) is 43.7 Å². The Balaban J connectivity index is 3.95. The van der Waals surface area contributed by atoms with Gasteiger partial charge in [-0.05, 0) is 32.3 Å². The second-order valence-electron chi connectivity index (χ2n) is 3.86. The van der Waals surface area contributed by atoms with Crippen molar-refractivity contribution in [1.29, 1.82) is 0 Å². The van der Waals surface area contributed by atoms with Crippen molar-refractivity contribution in [3.63, 3.8) is 0 Å². The van der Waals surface area contributed by atoms with E-state index in [0.717, 1.165) is 6.42 Å². The summed E-state index contributed by atoms with van der Waals surface area (Å²) in [5.41, 5.74) is 1.26. The molecule has 1 heteroatoms. The highest BCUT2D eigenvalue weighted by Crippen LogP contribution is 2.02. The van der Waals surface area contributed by atoms with Crippen LogP contribution in [-0.2, 0) is 4.79 Å². The molecular weight excluding hydrogens is 172 g/mol. The van der Waals surface area contributed by atoms with Crippen molar-refractivity contribution in [3.05, 3.63) is 36.0 Å². The highest BCUT2D eigenvalue weighted by atomic mass is 16.1. The third kappa shape index (κ3) is 8.98. The van der Waals surface area contributed by atoms with Crippen molar-refractivity contribution in [2.75, 3.05) is 0 Å². The molecule has 0 atom stereocenters. The Morgan fingerprint density at radius 2 is 1.93 bits per heavy atom. The Morgan fingerprint density at radius 3 is 2.43 bits per heavy atom. The molecule has 0 aliphatic heterocycles. The van der Waals surface area contributed by atoms with E-state index in [1.54, 1.807) is 13.0 Å². The molecule has 0 rings (SSSR count). The highest BCUT2D eigenvalue weighted by molar-refractivity contribution is 5.87. The summed E-state index contributed by atoms with van der Waals surface area (Å²) in [6.07, 6.45) is 10.7. The molecule has 0 saturated carbocycles. The van der Waals surface area contributed by atoms with Gasteiger partial charge in [0, 0.05) is 0 Å². The van der Waals surface area contributed by atoms with Gasteiger partial charge in [-0.25, -0.2) is 0 Å². The fourth-order valence-corrected chi connectivity index (χ4v) is 0.921. The second-order valence-corrected chi connectivity index (χ2v) is 3.86. The summed E-state index contributed by atoms with van der Waals surface area (Å²) in [6.45, 7) is 7.92. The number of allylic oxidation sites excluding steroid dienone is 6. The van der Waals surface area contributed by atoms with Crippen LogP contribution < -0.4 is 0 Å². The maximum Gasteiger partial charge on any atom is 0.152 e. The molecule has 14 heavy (non-hydrogen) atoms. The summed E-state index contributed by atoms with van der Waals surface area (Å²) in [5, 5.41) is 0. The Bertz CT molecular complexity index is 254. The molecular formula is C13H20O. The summed E-state index contributed by atoms with van der Waals surface area (Å²) in [4.78, 5) is 10.6. The Labute approximate surface area is 87.2 Å². The molecule has 0 aromatic rings. The van der Waals surface area contributed by atoms with E-state index in [9.17, 15) is 4.79 Å². The van der Waals surface area contributed by atoms with E-state index in [4.69, 9.17) is 0 Å². The summed E-state index contributed by atoms with van der Waals surface area (Å²) in [6, 6.07) is 0. The first-order chi connectivity index (χ1) is 6.52. The van der Waals surface area contributed by atoms with Gasteiger partial charge in [0.25, 0.3) is 0 Å². The van der Waals surface area contributed by atoms with Crippen molar-refractivity contribution < 1.29 is 4.79 Å². The first-order valence-electron chi connectivity index (χ1n) is 5.03. The largest absolute Gasteiger partial charge is 0.295 e. The average Bonchev–Trinajstić information content (AvgIpc) is 2.02. The van der Waals surface area contributed by atoms with E-state index >= 15 is 0 Å². The minimum atomic E-state index is 0.107. The standard InChI is InChI=1S/C13H20O/c1-11(2)7-5-8-12(3)9-6-10-13(4)14/h5-8,10-11H,9H2,1-4H3. The van der Waals surface area contributed by atoms with Crippen LogP contribution in [0.4, 0.5) is 0 Å². The topological polar surface area (TPSA) is 17.1 Å². The molecule has 0 radical (unpaired) electrons. The minimum absolute atomic E-state index is 0.107. The molecule has 0 saturated heterocycles. The van der Waals surface area contributed by atoms with Crippen molar-refractivity contribution in [2.45, 2.75) is 34.1 Å². The molecule has 0 heterocycles. The first-order valence-corrected chi connectivity index (χ1v) is 5.03. The number of hydrogen-bond acceptors (Lipinski definition) is 1. The number of carbonyl (C=O) groups excluding carboxylic acids is 1. The van der Waals surface area contributed by atoms with Crippen molar-refractivity contribution in [2.24, 2.45) is 5.92 Å².